The van der Waals surface area contributed by atoms with Gasteiger partial charge in [-0.25, -0.2) is 9.78 Å². The molecule has 7 nitrogen and oxygen atoms in total. The number of aryl methyl sites for hydroxylation is 1. The number of carbonyl (C=O) groups excluding carboxylic acids is 2. The summed E-state index contributed by atoms with van der Waals surface area (Å²) in [5.74, 6) is -1.01. The molecule has 1 aliphatic heterocycles. The molecule has 0 saturated carbocycles. The Labute approximate surface area is 180 Å². The monoisotopic (exact) mass is 432 g/mol. The van der Waals surface area contributed by atoms with Crippen molar-refractivity contribution in [2.24, 2.45) is 0 Å². The SMILES string of the molecule is COC(=O)c1sc(N2C(=O)c3oc4ccccc4c(=O)c3[C@H]2c2ccccc2)nc1C. The number of thiazole rings is 1. The van der Waals surface area contributed by atoms with Crippen molar-refractivity contribution in [3.05, 3.63) is 92.3 Å². The number of amides is 1. The summed E-state index contributed by atoms with van der Waals surface area (Å²) in [6, 6.07) is 15.3. The number of anilines is 1. The van der Waals surface area contributed by atoms with E-state index in [9.17, 15) is 14.4 Å². The van der Waals surface area contributed by atoms with Crippen LogP contribution in [0.15, 0.2) is 63.8 Å². The zero-order valence-corrected chi connectivity index (χ0v) is 17.4. The van der Waals surface area contributed by atoms with Gasteiger partial charge < -0.3 is 9.15 Å². The van der Waals surface area contributed by atoms with E-state index in [0.717, 1.165) is 16.9 Å². The van der Waals surface area contributed by atoms with E-state index >= 15 is 0 Å². The molecule has 2 aromatic heterocycles. The molecule has 1 aliphatic rings. The molecule has 0 N–H and O–H groups in total. The number of ether oxygens (including phenoxy) is 1. The first-order valence-corrected chi connectivity index (χ1v) is 10.3. The number of aromatic nitrogens is 1. The quantitative estimate of drug-likeness (QED) is 0.453. The molecule has 4 aromatic rings. The van der Waals surface area contributed by atoms with Crippen LogP contribution in [0.4, 0.5) is 5.13 Å². The van der Waals surface area contributed by atoms with E-state index in [4.69, 9.17) is 9.15 Å². The number of nitrogens with zero attached hydrogens (tertiary/aromatic N) is 2. The Hall–Kier alpha value is -3.78. The summed E-state index contributed by atoms with van der Waals surface area (Å²) in [7, 11) is 1.29. The van der Waals surface area contributed by atoms with Crippen LogP contribution in [0.2, 0.25) is 0 Å². The first-order chi connectivity index (χ1) is 15.0. The first-order valence-electron chi connectivity index (χ1n) is 9.51. The van der Waals surface area contributed by atoms with Crippen LogP contribution in [0.25, 0.3) is 11.0 Å². The minimum Gasteiger partial charge on any atom is -0.465 e. The van der Waals surface area contributed by atoms with E-state index in [1.54, 1.807) is 31.2 Å². The van der Waals surface area contributed by atoms with E-state index in [1.165, 1.54) is 12.0 Å². The Morgan fingerprint density at radius 3 is 2.55 bits per heavy atom. The van der Waals surface area contributed by atoms with Gasteiger partial charge in [0.15, 0.2) is 10.6 Å². The molecule has 1 atom stereocenters. The summed E-state index contributed by atoms with van der Waals surface area (Å²) < 4.78 is 10.7. The zero-order valence-electron chi connectivity index (χ0n) is 16.6. The Bertz CT molecular complexity index is 1410. The molecule has 0 spiro atoms. The standard InChI is InChI=1S/C23H16N2O5S/c1-12-20(22(28)29-2)31-23(24-12)25-17(13-8-4-3-5-9-13)16-18(26)14-10-6-7-11-15(14)30-19(16)21(25)27/h3-11,17H,1-2H3/t17-/m1/s1. The smallest absolute Gasteiger partial charge is 0.350 e. The highest BCUT2D eigenvalue weighted by molar-refractivity contribution is 7.17. The number of methoxy groups -OCH3 is 1. The van der Waals surface area contributed by atoms with E-state index in [-0.39, 0.29) is 16.8 Å². The summed E-state index contributed by atoms with van der Waals surface area (Å²) in [6.45, 7) is 1.68. The van der Waals surface area contributed by atoms with Crippen LogP contribution in [-0.2, 0) is 4.74 Å². The minimum atomic E-state index is -0.722. The van der Waals surface area contributed by atoms with Crippen molar-refractivity contribution < 1.29 is 18.7 Å². The molecule has 0 fully saturated rings. The molecule has 8 heteroatoms. The van der Waals surface area contributed by atoms with Gasteiger partial charge in [0.05, 0.1) is 29.8 Å². The van der Waals surface area contributed by atoms with E-state index < -0.39 is 17.9 Å². The maximum Gasteiger partial charge on any atom is 0.350 e. The average molecular weight is 432 g/mol. The summed E-state index contributed by atoms with van der Waals surface area (Å²) in [6.07, 6.45) is 0. The normalized spacial score (nSPS) is 15.4. The Morgan fingerprint density at radius 1 is 1.10 bits per heavy atom. The summed E-state index contributed by atoms with van der Waals surface area (Å²) in [5.41, 5.74) is 1.54. The van der Waals surface area contributed by atoms with Gasteiger partial charge in [-0.2, -0.15) is 0 Å². The Morgan fingerprint density at radius 2 is 1.81 bits per heavy atom. The third-order valence-electron chi connectivity index (χ3n) is 5.26. The van der Waals surface area contributed by atoms with Crippen molar-refractivity contribution in [3.63, 3.8) is 0 Å². The van der Waals surface area contributed by atoms with E-state index in [2.05, 4.69) is 4.98 Å². The van der Waals surface area contributed by atoms with E-state index in [0.29, 0.717) is 26.7 Å². The molecule has 0 radical (unpaired) electrons. The van der Waals surface area contributed by atoms with Gasteiger partial charge in [-0.05, 0) is 24.6 Å². The van der Waals surface area contributed by atoms with Gasteiger partial charge in [-0.15, -0.1) is 0 Å². The molecule has 2 aromatic carbocycles. The van der Waals surface area contributed by atoms with E-state index in [1.807, 2.05) is 30.3 Å². The van der Waals surface area contributed by atoms with Crippen LogP contribution in [0.5, 0.6) is 0 Å². The highest BCUT2D eigenvalue weighted by atomic mass is 32.1. The first kappa shape index (κ1) is 19.2. The zero-order chi connectivity index (χ0) is 21.7. The van der Waals surface area contributed by atoms with Crippen LogP contribution in [0.1, 0.15) is 43.1 Å². The third-order valence-corrected chi connectivity index (χ3v) is 6.39. The van der Waals surface area contributed by atoms with Crippen molar-refractivity contribution in [1.29, 1.82) is 0 Å². The molecule has 0 aliphatic carbocycles. The molecule has 0 unspecified atom stereocenters. The van der Waals surface area contributed by atoms with Crippen molar-refractivity contribution in [2.45, 2.75) is 13.0 Å². The van der Waals surface area contributed by atoms with Gasteiger partial charge in [0.25, 0.3) is 5.91 Å². The predicted octanol–water partition coefficient (Wildman–Crippen LogP) is 4.09. The number of esters is 1. The maximum absolute atomic E-state index is 13.5. The number of fused-ring (bicyclic) bond motifs is 2. The molecular formula is C23H16N2O5S. The summed E-state index contributed by atoms with van der Waals surface area (Å²) >= 11 is 1.05. The van der Waals surface area contributed by atoms with Gasteiger partial charge in [0.1, 0.15) is 10.5 Å². The number of rotatable bonds is 3. The number of benzene rings is 2. The molecule has 3 heterocycles. The van der Waals surface area contributed by atoms with Crippen LogP contribution < -0.4 is 10.3 Å². The lowest BCUT2D eigenvalue weighted by Gasteiger charge is -2.22. The summed E-state index contributed by atoms with van der Waals surface area (Å²) in [4.78, 5) is 45.2. The number of carbonyl (C=O) groups is 2. The fourth-order valence-electron chi connectivity index (χ4n) is 3.84. The lowest BCUT2D eigenvalue weighted by atomic mass is 9.99. The lowest BCUT2D eigenvalue weighted by Crippen LogP contribution is -2.29. The molecule has 154 valence electrons. The number of hydrogen-bond acceptors (Lipinski definition) is 7. The van der Waals surface area contributed by atoms with Gasteiger partial charge in [0.2, 0.25) is 5.76 Å². The lowest BCUT2D eigenvalue weighted by molar-refractivity contribution is 0.0605. The van der Waals surface area contributed by atoms with Crippen molar-refractivity contribution in [1.82, 2.24) is 4.98 Å². The maximum atomic E-state index is 13.5. The third kappa shape index (κ3) is 2.87. The molecule has 5 rings (SSSR count). The Kier molecular flexibility index (Phi) is 4.44. The fourth-order valence-corrected chi connectivity index (χ4v) is 4.85. The molecular weight excluding hydrogens is 416 g/mol. The number of para-hydroxylation sites is 1. The van der Waals surface area contributed by atoms with Crippen LogP contribution in [-0.4, -0.2) is 24.0 Å². The Balaban J connectivity index is 1.78. The predicted molar refractivity (Wildman–Crippen MR) is 116 cm³/mol. The second-order valence-corrected chi connectivity index (χ2v) is 8.04. The van der Waals surface area contributed by atoms with Crippen LogP contribution >= 0.6 is 11.3 Å². The molecule has 31 heavy (non-hydrogen) atoms. The number of hydrogen-bond donors (Lipinski definition) is 0. The van der Waals surface area contributed by atoms with Gasteiger partial charge in [0, 0.05) is 0 Å². The van der Waals surface area contributed by atoms with Crippen molar-refractivity contribution in [3.8, 4) is 0 Å². The van der Waals surface area contributed by atoms with Crippen molar-refractivity contribution >= 4 is 39.3 Å². The minimum absolute atomic E-state index is 0.00924. The van der Waals surface area contributed by atoms with Gasteiger partial charge in [-0.1, -0.05) is 53.8 Å². The molecule has 1 amide bonds. The topological polar surface area (TPSA) is 89.7 Å². The highest BCUT2D eigenvalue weighted by Crippen LogP contribution is 2.43. The highest BCUT2D eigenvalue weighted by Gasteiger charge is 2.45. The van der Waals surface area contributed by atoms with Crippen LogP contribution in [0, 0.1) is 6.92 Å². The van der Waals surface area contributed by atoms with Gasteiger partial charge >= 0.3 is 5.97 Å². The van der Waals surface area contributed by atoms with Gasteiger partial charge in [-0.3, -0.25) is 14.5 Å². The average Bonchev–Trinajstić information content (AvgIpc) is 3.31. The second kappa shape index (κ2) is 7.17. The second-order valence-electron chi connectivity index (χ2n) is 7.06. The van der Waals surface area contributed by atoms with Crippen molar-refractivity contribution in [2.75, 3.05) is 12.0 Å². The summed E-state index contributed by atoms with van der Waals surface area (Å²) in [5, 5.41) is 0.703. The largest absolute Gasteiger partial charge is 0.465 e. The van der Waals surface area contributed by atoms with Crippen LogP contribution in [0.3, 0.4) is 0 Å². The molecule has 0 bridgehead atoms. The molecule has 0 saturated heterocycles. The fraction of sp³-hybridized carbons (Fsp3) is 0.130.